The van der Waals surface area contributed by atoms with Crippen molar-refractivity contribution in [2.24, 2.45) is 0 Å². The molecule has 1 aromatic heterocycles. The van der Waals surface area contributed by atoms with Crippen LogP contribution in [0.1, 0.15) is 49.0 Å². The lowest BCUT2D eigenvalue weighted by atomic mass is 10.2. The molecule has 1 amide bonds. The molecule has 32 heavy (non-hydrogen) atoms. The monoisotopic (exact) mass is 478 g/mol. The van der Waals surface area contributed by atoms with E-state index in [0.29, 0.717) is 29.9 Å². The van der Waals surface area contributed by atoms with Gasteiger partial charge in [0.15, 0.2) is 5.78 Å². The molecule has 10 nitrogen and oxygen atoms in total. The summed E-state index contributed by atoms with van der Waals surface area (Å²) >= 11 is 1.33. The van der Waals surface area contributed by atoms with Gasteiger partial charge >= 0.3 is 0 Å². The first-order chi connectivity index (χ1) is 15.4. The van der Waals surface area contributed by atoms with Crippen molar-refractivity contribution >= 4 is 33.5 Å². The van der Waals surface area contributed by atoms with E-state index in [-0.39, 0.29) is 35.4 Å². The number of amides is 1. The molecular formula is C20H26N6O4S2. The number of nitrogens with zero attached hydrogens (tertiary/aromatic N) is 6. The zero-order valence-electron chi connectivity index (χ0n) is 17.9. The minimum absolute atomic E-state index is 0.0566. The first-order valence-electron chi connectivity index (χ1n) is 10.7. The number of thioether (sulfide) groups is 1. The highest BCUT2D eigenvalue weighted by atomic mass is 32.2. The van der Waals surface area contributed by atoms with E-state index in [2.05, 4.69) is 15.5 Å². The van der Waals surface area contributed by atoms with Crippen molar-refractivity contribution in [3.8, 4) is 0 Å². The van der Waals surface area contributed by atoms with Crippen molar-refractivity contribution in [3.05, 3.63) is 29.8 Å². The molecule has 1 aliphatic carbocycles. The van der Waals surface area contributed by atoms with E-state index in [0.717, 1.165) is 12.8 Å². The van der Waals surface area contributed by atoms with Crippen molar-refractivity contribution < 1.29 is 18.0 Å². The molecule has 0 N–H and O–H groups in total. The van der Waals surface area contributed by atoms with Crippen molar-refractivity contribution in [2.45, 2.75) is 48.7 Å². The quantitative estimate of drug-likeness (QED) is 0.435. The maximum atomic E-state index is 12.9. The summed E-state index contributed by atoms with van der Waals surface area (Å²) in [4.78, 5) is 25.9. The normalized spacial score (nSPS) is 18.2. The van der Waals surface area contributed by atoms with Gasteiger partial charge in [0.2, 0.25) is 21.1 Å². The highest BCUT2D eigenvalue weighted by Gasteiger charge is 2.30. The number of benzene rings is 1. The van der Waals surface area contributed by atoms with E-state index in [4.69, 9.17) is 0 Å². The van der Waals surface area contributed by atoms with Gasteiger partial charge in [-0.2, -0.15) is 4.31 Å². The highest BCUT2D eigenvalue weighted by molar-refractivity contribution is 7.99. The van der Waals surface area contributed by atoms with E-state index in [1.54, 1.807) is 4.90 Å². The summed E-state index contributed by atoms with van der Waals surface area (Å²) in [5.74, 6) is 0.0434. The Bertz CT molecular complexity index is 1070. The third-order valence-electron chi connectivity index (χ3n) is 5.95. The fraction of sp³-hybridized carbons (Fsp3) is 0.550. The first kappa shape index (κ1) is 22.9. The summed E-state index contributed by atoms with van der Waals surface area (Å²) in [5, 5.41) is 12.6. The molecule has 0 atom stereocenters. The molecule has 1 aromatic carbocycles. The van der Waals surface area contributed by atoms with Crippen LogP contribution in [-0.2, 0) is 14.8 Å². The average Bonchev–Trinajstić information content (AvgIpc) is 3.49. The standard InChI is InChI=1S/C20H26N6O4S2/c1-15(27)16-6-8-18(9-7-16)32(29,30)25-12-10-24(11-13-25)19(28)14-31-20-21-22-23-26(20)17-4-2-3-5-17/h6-9,17H,2-5,10-14H2,1H3. The Morgan fingerprint density at radius 2 is 1.72 bits per heavy atom. The zero-order valence-corrected chi connectivity index (χ0v) is 19.5. The molecule has 2 aliphatic rings. The van der Waals surface area contributed by atoms with Crippen LogP contribution in [0.5, 0.6) is 0 Å². The Morgan fingerprint density at radius 1 is 1.06 bits per heavy atom. The van der Waals surface area contributed by atoms with E-state index in [1.165, 1.54) is 60.1 Å². The lowest BCUT2D eigenvalue weighted by Crippen LogP contribution is -2.51. The van der Waals surface area contributed by atoms with Gasteiger partial charge < -0.3 is 4.90 Å². The molecule has 172 valence electrons. The summed E-state index contributed by atoms with van der Waals surface area (Å²) in [7, 11) is -3.67. The van der Waals surface area contributed by atoms with Crippen molar-refractivity contribution in [2.75, 3.05) is 31.9 Å². The van der Waals surface area contributed by atoms with Crippen LogP contribution in [-0.4, -0.2) is 81.5 Å². The number of hydrogen-bond acceptors (Lipinski definition) is 8. The molecule has 2 aromatic rings. The number of carbonyl (C=O) groups excluding carboxylic acids is 2. The number of rotatable bonds is 7. The third kappa shape index (κ3) is 4.86. The lowest BCUT2D eigenvalue weighted by Gasteiger charge is -2.34. The van der Waals surface area contributed by atoms with Crippen LogP contribution in [0.25, 0.3) is 0 Å². The van der Waals surface area contributed by atoms with Gasteiger partial charge in [0.1, 0.15) is 0 Å². The summed E-state index contributed by atoms with van der Waals surface area (Å²) in [6.07, 6.45) is 4.45. The number of Topliss-reactive ketones (excluding diaryl/α,β-unsaturated/α-hetero) is 1. The molecule has 4 rings (SSSR count). The largest absolute Gasteiger partial charge is 0.339 e. The van der Waals surface area contributed by atoms with Crippen LogP contribution in [0, 0.1) is 0 Å². The molecule has 0 bridgehead atoms. The summed E-state index contributed by atoms with van der Waals surface area (Å²) in [6, 6.07) is 6.25. The van der Waals surface area contributed by atoms with E-state index < -0.39 is 10.0 Å². The fourth-order valence-corrected chi connectivity index (χ4v) is 6.33. The van der Waals surface area contributed by atoms with Crippen LogP contribution in [0.4, 0.5) is 0 Å². The van der Waals surface area contributed by atoms with Crippen molar-refractivity contribution in [1.29, 1.82) is 0 Å². The molecule has 1 saturated heterocycles. The van der Waals surface area contributed by atoms with Gasteiger partial charge in [0, 0.05) is 31.7 Å². The van der Waals surface area contributed by atoms with Gasteiger partial charge in [-0.1, -0.05) is 36.7 Å². The third-order valence-corrected chi connectivity index (χ3v) is 8.78. The Morgan fingerprint density at radius 3 is 2.34 bits per heavy atom. The molecule has 2 heterocycles. The maximum Gasteiger partial charge on any atom is 0.243 e. The molecule has 0 radical (unpaired) electrons. The van der Waals surface area contributed by atoms with Crippen molar-refractivity contribution in [1.82, 2.24) is 29.4 Å². The Balaban J connectivity index is 1.31. The summed E-state index contributed by atoms with van der Waals surface area (Å²) < 4.78 is 29.0. The molecule has 1 saturated carbocycles. The SMILES string of the molecule is CC(=O)c1ccc(S(=O)(=O)N2CCN(C(=O)CSc3nnnn3C3CCCC3)CC2)cc1. The summed E-state index contributed by atoms with van der Waals surface area (Å²) in [6.45, 7) is 2.56. The van der Waals surface area contributed by atoms with E-state index in [9.17, 15) is 18.0 Å². The Hall–Kier alpha value is -2.31. The molecular weight excluding hydrogens is 452 g/mol. The maximum absolute atomic E-state index is 12.9. The number of ketones is 1. The van der Waals surface area contributed by atoms with Crippen LogP contribution >= 0.6 is 11.8 Å². The minimum atomic E-state index is -3.67. The van der Waals surface area contributed by atoms with Crippen LogP contribution < -0.4 is 0 Å². The van der Waals surface area contributed by atoms with Gasteiger partial charge in [-0.15, -0.1) is 5.10 Å². The average molecular weight is 479 g/mol. The second kappa shape index (κ2) is 9.67. The second-order valence-electron chi connectivity index (χ2n) is 8.00. The second-order valence-corrected chi connectivity index (χ2v) is 10.9. The summed E-state index contributed by atoms with van der Waals surface area (Å²) in [5.41, 5.74) is 0.468. The van der Waals surface area contributed by atoms with Gasteiger partial charge in [0.25, 0.3) is 0 Å². The van der Waals surface area contributed by atoms with Gasteiger partial charge in [-0.3, -0.25) is 9.59 Å². The number of piperazine rings is 1. The number of tetrazole rings is 1. The number of hydrogen-bond donors (Lipinski definition) is 0. The molecule has 1 aliphatic heterocycles. The molecule has 2 fully saturated rings. The predicted octanol–water partition coefficient (Wildman–Crippen LogP) is 1.62. The molecule has 0 unspecified atom stereocenters. The zero-order chi connectivity index (χ0) is 22.7. The smallest absolute Gasteiger partial charge is 0.243 e. The fourth-order valence-electron chi connectivity index (χ4n) is 4.06. The van der Waals surface area contributed by atoms with Crippen LogP contribution in [0.3, 0.4) is 0 Å². The Labute approximate surface area is 191 Å². The number of sulfonamides is 1. The van der Waals surface area contributed by atoms with E-state index >= 15 is 0 Å². The van der Waals surface area contributed by atoms with Crippen LogP contribution in [0.15, 0.2) is 34.3 Å². The number of carbonyl (C=O) groups is 2. The molecule has 0 spiro atoms. The molecule has 12 heteroatoms. The van der Waals surface area contributed by atoms with Gasteiger partial charge in [-0.05, 0) is 42.3 Å². The predicted molar refractivity (Wildman–Crippen MR) is 118 cm³/mol. The topological polar surface area (TPSA) is 118 Å². The van der Waals surface area contributed by atoms with Crippen LogP contribution in [0.2, 0.25) is 0 Å². The minimum Gasteiger partial charge on any atom is -0.339 e. The lowest BCUT2D eigenvalue weighted by molar-refractivity contribution is -0.129. The number of aromatic nitrogens is 4. The first-order valence-corrected chi connectivity index (χ1v) is 13.1. The Kier molecular flexibility index (Phi) is 6.91. The van der Waals surface area contributed by atoms with Gasteiger partial charge in [-0.25, -0.2) is 13.1 Å². The van der Waals surface area contributed by atoms with Crippen molar-refractivity contribution in [3.63, 3.8) is 0 Å². The van der Waals surface area contributed by atoms with Gasteiger partial charge in [0.05, 0.1) is 16.7 Å². The van der Waals surface area contributed by atoms with E-state index in [1.807, 2.05) is 4.68 Å². The highest BCUT2D eigenvalue weighted by Crippen LogP contribution is 2.31.